The molecule has 0 fully saturated rings. The van der Waals surface area contributed by atoms with Gasteiger partial charge in [-0.1, -0.05) is 12.1 Å². The summed E-state index contributed by atoms with van der Waals surface area (Å²) in [6.45, 7) is 3.50. The molecule has 142 valence electrons. The number of nitrogens with zero attached hydrogens (tertiary/aromatic N) is 3. The van der Waals surface area contributed by atoms with Crippen LogP contribution in [-0.2, 0) is 11.2 Å². The first-order valence-electron chi connectivity index (χ1n) is 8.56. The van der Waals surface area contributed by atoms with Crippen LogP contribution in [0.25, 0.3) is 16.4 Å². The number of pyridine rings is 1. The number of rotatable bonds is 4. The molecule has 0 saturated carbocycles. The number of carbonyl (C=O) groups is 2. The third-order valence-electron chi connectivity index (χ3n) is 4.19. The zero-order valence-electron chi connectivity index (χ0n) is 15.2. The molecule has 8 nitrogen and oxygen atoms in total. The molecule has 0 unspecified atom stereocenters. The van der Waals surface area contributed by atoms with Crippen LogP contribution in [0.15, 0.2) is 46.3 Å². The first-order chi connectivity index (χ1) is 13.5. The van der Waals surface area contributed by atoms with Crippen LogP contribution in [0.4, 0.5) is 0 Å². The van der Waals surface area contributed by atoms with Gasteiger partial charge in [-0.15, -0.1) is 11.3 Å². The Bertz CT molecular complexity index is 1160. The number of hydrogen-bond acceptors (Lipinski definition) is 6. The maximum atomic E-state index is 12.5. The summed E-state index contributed by atoms with van der Waals surface area (Å²) >= 11 is 1.51. The van der Waals surface area contributed by atoms with Crippen LogP contribution in [0, 0.1) is 13.8 Å². The molecular formula is C19H17N5O3S. The van der Waals surface area contributed by atoms with Crippen LogP contribution < -0.4 is 10.9 Å². The number of hydrazine groups is 1. The highest BCUT2D eigenvalue weighted by Crippen LogP contribution is 2.26. The van der Waals surface area contributed by atoms with Crippen LogP contribution in [0.2, 0.25) is 0 Å². The lowest BCUT2D eigenvalue weighted by molar-refractivity contribution is -0.121. The minimum Gasteiger partial charge on any atom is -0.440 e. The van der Waals surface area contributed by atoms with Crippen LogP contribution in [0.1, 0.15) is 27.6 Å². The van der Waals surface area contributed by atoms with Gasteiger partial charge in [0, 0.05) is 6.20 Å². The smallest absolute Gasteiger partial charge is 0.288 e. The van der Waals surface area contributed by atoms with Crippen LogP contribution in [-0.4, -0.2) is 26.2 Å². The van der Waals surface area contributed by atoms with Gasteiger partial charge in [0.15, 0.2) is 0 Å². The maximum absolute atomic E-state index is 12.5. The summed E-state index contributed by atoms with van der Waals surface area (Å²) in [6, 6.07) is 9.26. The fraction of sp³-hybridized carbons (Fsp3) is 0.158. The van der Waals surface area contributed by atoms with Crippen molar-refractivity contribution in [3.05, 3.63) is 64.8 Å². The normalized spacial score (nSPS) is 10.9. The number of aromatic nitrogens is 3. The van der Waals surface area contributed by atoms with Gasteiger partial charge in [0.1, 0.15) is 17.1 Å². The lowest BCUT2D eigenvalue weighted by Gasteiger charge is -2.07. The molecule has 0 aliphatic rings. The number of aryl methyl sites for hydroxylation is 2. The number of hydrogen-bond donors (Lipinski definition) is 2. The molecule has 0 bridgehead atoms. The molecule has 0 aliphatic carbocycles. The number of amides is 2. The Morgan fingerprint density at radius 2 is 2.00 bits per heavy atom. The lowest BCUT2D eigenvalue weighted by Crippen LogP contribution is -2.43. The van der Waals surface area contributed by atoms with Gasteiger partial charge in [-0.2, -0.15) is 0 Å². The molecule has 0 saturated heterocycles. The highest BCUT2D eigenvalue weighted by molar-refractivity contribution is 7.13. The van der Waals surface area contributed by atoms with E-state index in [9.17, 15) is 9.59 Å². The molecular weight excluding hydrogens is 378 g/mol. The van der Waals surface area contributed by atoms with Crippen molar-refractivity contribution in [2.45, 2.75) is 20.3 Å². The molecule has 4 aromatic heterocycles. The molecule has 0 aromatic carbocycles. The molecule has 4 heterocycles. The Morgan fingerprint density at radius 3 is 2.79 bits per heavy atom. The van der Waals surface area contributed by atoms with Gasteiger partial charge >= 0.3 is 0 Å². The third kappa shape index (κ3) is 3.39. The zero-order valence-corrected chi connectivity index (χ0v) is 16.0. The van der Waals surface area contributed by atoms with Gasteiger partial charge in [0.2, 0.25) is 11.8 Å². The average molecular weight is 395 g/mol. The monoisotopic (exact) mass is 395 g/mol. The molecule has 9 heteroatoms. The molecule has 4 rings (SSSR count). The van der Waals surface area contributed by atoms with E-state index in [0.717, 1.165) is 4.88 Å². The summed E-state index contributed by atoms with van der Waals surface area (Å²) in [7, 11) is 0. The van der Waals surface area contributed by atoms with E-state index >= 15 is 0 Å². The molecule has 2 amide bonds. The first kappa shape index (κ1) is 17.9. The van der Waals surface area contributed by atoms with Gasteiger partial charge in [-0.3, -0.25) is 24.8 Å². The van der Waals surface area contributed by atoms with Crippen LogP contribution in [0.5, 0.6) is 0 Å². The van der Waals surface area contributed by atoms with Gasteiger partial charge in [-0.05, 0) is 37.4 Å². The number of oxazole rings is 1. The van der Waals surface area contributed by atoms with Crippen molar-refractivity contribution in [3.63, 3.8) is 0 Å². The zero-order chi connectivity index (χ0) is 19.7. The van der Waals surface area contributed by atoms with Crippen molar-refractivity contribution in [2.75, 3.05) is 0 Å². The quantitative estimate of drug-likeness (QED) is 0.517. The van der Waals surface area contributed by atoms with E-state index in [1.165, 1.54) is 11.3 Å². The van der Waals surface area contributed by atoms with Crippen molar-refractivity contribution in [3.8, 4) is 10.8 Å². The average Bonchev–Trinajstić information content (AvgIpc) is 3.38. The van der Waals surface area contributed by atoms with Gasteiger partial charge < -0.3 is 4.42 Å². The largest absolute Gasteiger partial charge is 0.440 e. The van der Waals surface area contributed by atoms with E-state index in [1.807, 2.05) is 29.6 Å². The molecule has 4 aromatic rings. The number of imidazole rings is 1. The Hall–Kier alpha value is -3.46. The Balaban J connectivity index is 1.42. The van der Waals surface area contributed by atoms with Crippen molar-refractivity contribution in [1.82, 2.24) is 25.2 Å². The molecule has 0 aliphatic heterocycles. The third-order valence-corrected chi connectivity index (χ3v) is 5.05. The van der Waals surface area contributed by atoms with E-state index in [1.54, 1.807) is 30.5 Å². The summed E-state index contributed by atoms with van der Waals surface area (Å²) in [5.41, 5.74) is 7.00. The van der Waals surface area contributed by atoms with Gasteiger partial charge in [-0.25, -0.2) is 9.97 Å². The Labute approximate surface area is 164 Å². The fourth-order valence-corrected chi connectivity index (χ4v) is 3.52. The maximum Gasteiger partial charge on any atom is 0.288 e. The van der Waals surface area contributed by atoms with Crippen molar-refractivity contribution in [1.29, 1.82) is 0 Å². The number of nitrogens with one attached hydrogen (secondary N) is 2. The highest BCUT2D eigenvalue weighted by Gasteiger charge is 2.18. The van der Waals surface area contributed by atoms with E-state index in [2.05, 4.69) is 20.8 Å². The standard InChI is InChI=1S/C19H17N5O3S/c1-11-17(24-8-4-3-7-15(24)20-11)18(26)23-22-16(25)10-13-12(2)27-19(21-13)14-6-5-9-28-14/h3-9H,10H2,1-2H3,(H,22,25)(H,23,26). The lowest BCUT2D eigenvalue weighted by atomic mass is 10.2. The predicted octanol–water partition coefficient (Wildman–Crippen LogP) is 2.67. The second-order valence-electron chi connectivity index (χ2n) is 6.15. The molecule has 0 atom stereocenters. The van der Waals surface area contributed by atoms with Crippen molar-refractivity contribution >= 4 is 28.8 Å². The van der Waals surface area contributed by atoms with Gasteiger partial charge in [0.05, 0.1) is 22.7 Å². The summed E-state index contributed by atoms with van der Waals surface area (Å²) in [5.74, 6) is 0.220. The van der Waals surface area contributed by atoms with E-state index < -0.39 is 11.8 Å². The first-order valence-corrected chi connectivity index (χ1v) is 9.44. The summed E-state index contributed by atoms with van der Waals surface area (Å²) in [4.78, 5) is 34.4. The van der Waals surface area contributed by atoms with Gasteiger partial charge in [0.25, 0.3) is 5.91 Å². The number of fused-ring (bicyclic) bond motifs is 1. The van der Waals surface area contributed by atoms with Crippen molar-refractivity contribution in [2.24, 2.45) is 0 Å². The SMILES string of the molecule is Cc1nc2ccccn2c1C(=O)NNC(=O)Cc1nc(-c2cccs2)oc1C. The number of thiophene rings is 1. The molecule has 2 N–H and O–H groups in total. The topological polar surface area (TPSA) is 102 Å². The van der Waals surface area contributed by atoms with E-state index in [0.29, 0.717) is 34.4 Å². The second kappa shape index (κ2) is 7.28. The molecule has 0 radical (unpaired) electrons. The van der Waals surface area contributed by atoms with Crippen molar-refractivity contribution < 1.29 is 14.0 Å². The molecule has 28 heavy (non-hydrogen) atoms. The van der Waals surface area contributed by atoms with E-state index in [-0.39, 0.29) is 6.42 Å². The summed E-state index contributed by atoms with van der Waals surface area (Å²) in [5, 5.41) is 1.93. The predicted molar refractivity (Wildman–Crippen MR) is 104 cm³/mol. The minimum absolute atomic E-state index is 0.00682. The Kier molecular flexibility index (Phi) is 4.66. The summed E-state index contributed by atoms with van der Waals surface area (Å²) in [6.07, 6.45) is 1.74. The van der Waals surface area contributed by atoms with Crippen LogP contribution >= 0.6 is 11.3 Å². The number of carbonyl (C=O) groups excluding carboxylic acids is 2. The Morgan fingerprint density at radius 1 is 1.14 bits per heavy atom. The van der Waals surface area contributed by atoms with Crippen LogP contribution in [0.3, 0.4) is 0 Å². The molecule has 0 spiro atoms. The second-order valence-corrected chi connectivity index (χ2v) is 7.10. The fourth-order valence-electron chi connectivity index (χ4n) is 2.87. The summed E-state index contributed by atoms with van der Waals surface area (Å²) < 4.78 is 7.30. The highest BCUT2D eigenvalue weighted by atomic mass is 32.1. The minimum atomic E-state index is -0.444. The van der Waals surface area contributed by atoms with E-state index in [4.69, 9.17) is 4.42 Å².